The molecule has 0 atom stereocenters. The molecule has 9 nitrogen and oxygen atoms in total. The van der Waals surface area contributed by atoms with Crippen molar-refractivity contribution in [1.82, 2.24) is 15.4 Å². The number of benzene rings is 1. The highest BCUT2D eigenvalue weighted by molar-refractivity contribution is 5.95. The molecule has 0 spiro atoms. The molecule has 0 unspecified atom stereocenters. The lowest BCUT2D eigenvalue weighted by Crippen LogP contribution is -2.07. The Morgan fingerprint density at radius 3 is 2.73 bits per heavy atom. The number of aryl methyl sites for hydroxylation is 1. The number of carbonyl (C=O) groups is 1. The second-order valence-corrected chi connectivity index (χ2v) is 4.36. The number of aromatic nitrogens is 3. The van der Waals surface area contributed by atoms with Crippen LogP contribution in [0.25, 0.3) is 11.3 Å². The van der Waals surface area contributed by atoms with E-state index in [1.165, 1.54) is 12.1 Å². The molecule has 0 bridgehead atoms. The van der Waals surface area contributed by atoms with Crippen molar-refractivity contribution in [3.8, 4) is 17.0 Å². The van der Waals surface area contributed by atoms with Gasteiger partial charge in [0, 0.05) is 6.07 Å². The van der Waals surface area contributed by atoms with Gasteiger partial charge in [0.15, 0.2) is 5.69 Å². The number of ether oxygens (including phenoxy) is 1. The van der Waals surface area contributed by atoms with Gasteiger partial charge in [-0.1, -0.05) is 6.92 Å². The molecule has 0 amide bonds. The molecule has 0 aliphatic carbocycles. The van der Waals surface area contributed by atoms with Gasteiger partial charge in [0.05, 0.1) is 17.1 Å². The molecule has 9 heteroatoms. The highest BCUT2D eigenvalue weighted by Gasteiger charge is 2.26. The summed E-state index contributed by atoms with van der Waals surface area (Å²) in [6.45, 7) is 3.60. The summed E-state index contributed by atoms with van der Waals surface area (Å²) in [5.74, 6) is -1.29. The number of carbonyl (C=O) groups excluding carboxylic acids is 1. The molecule has 0 aliphatic heterocycles. The van der Waals surface area contributed by atoms with Crippen LogP contribution in [0, 0.1) is 10.1 Å². The summed E-state index contributed by atoms with van der Waals surface area (Å²) >= 11 is 0. The minimum Gasteiger partial charge on any atom is -0.502 e. The fourth-order valence-corrected chi connectivity index (χ4v) is 1.96. The Balaban J connectivity index is 2.63. The summed E-state index contributed by atoms with van der Waals surface area (Å²) in [5.41, 5.74) is 0.0985. The Morgan fingerprint density at radius 2 is 2.14 bits per heavy atom. The average Bonchev–Trinajstić information content (AvgIpc) is 2.96. The number of nitro groups is 1. The molecule has 1 heterocycles. The van der Waals surface area contributed by atoms with Crippen LogP contribution in [0.3, 0.4) is 0 Å². The number of aromatic amines is 1. The smallest absolute Gasteiger partial charge is 0.361 e. The number of rotatable bonds is 5. The largest absolute Gasteiger partial charge is 0.502 e. The third kappa shape index (κ3) is 2.73. The number of esters is 1. The number of hydrogen-bond acceptors (Lipinski definition) is 7. The van der Waals surface area contributed by atoms with Gasteiger partial charge in [-0.2, -0.15) is 10.3 Å². The first-order valence-corrected chi connectivity index (χ1v) is 6.58. The number of nitro benzene ring substituents is 1. The van der Waals surface area contributed by atoms with Crippen LogP contribution in [0.15, 0.2) is 12.1 Å². The van der Waals surface area contributed by atoms with Gasteiger partial charge in [-0.25, -0.2) is 4.79 Å². The van der Waals surface area contributed by atoms with E-state index in [4.69, 9.17) is 4.74 Å². The Kier molecular flexibility index (Phi) is 4.35. The van der Waals surface area contributed by atoms with Gasteiger partial charge in [0.2, 0.25) is 5.75 Å². The molecule has 2 aromatic rings. The zero-order valence-electron chi connectivity index (χ0n) is 12.0. The van der Waals surface area contributed by atoms with Crippen LogP contribution in [0.2, 0.25) is 0 Å². The van der Waals surface area contributed by atoms with E-state index in [9.17, 15) is 20.0 Å². The SMILES string of the molecule is CCOC(=O)c1n[nH]nc1-c1cc(CC)cc([N+](=O)[O-])c1O. The molecule has 22 heavy (non-hydrogen) atoms. The lowest BCUT2D eigenvalue weighted by atomic mass is 10.0. The van der Waals surface area contributed by atoms with Crippen LogP contribution in [-0.2, 0) is 11.2 Å². The first kappa shape index (κ1) is 15.4. The summed E-state index contributed by atoms with van der Waals surface area (Å²) in [4.78, 5) is 22.2. The highest BCUT2D eigenvalue weighted by atomic mass is 16.6. The molecule has 0 fully saturated rings. The van der Waals surface area contributed by atoms with Gasteiger partial charge in [-0.05, 0) is 25.0 Å². The fourth-order valence-electron chi connectivity index (χ4n) is 1.96. The van der Waals surface area contributed by atoms with Crippen molar-refractivity contribution in [2.24, 2.45) is 0 Å². The molecular formula is C13H14N4O5. The van der Waals surface area contributed by atoms with Crippen molar-refractivity contribution in [3.05, 3.63) is 33.5 Å². The van der Waals surface area contributed by atoms with Crippen LogP contribution in [0.5, 0.6) is 5.75 Å². The summed E-state index contributed by atoms with van der Waals surface area (Å²) in [6, 6.07) is 2.81. The Morgan fingerprint density at radius 1 is 1.41 bits per heavy atom. The van der Waals surface area contributed by atoms with E-state index in [1.807, 2.05) is 6.92 Å². The second-order valence-electron chi connectivity index (χ2n) is 4.36. The molecule has 0 aliphatic rings. The predicted molar refractivity (Wildman–Crippen MR) is 75.5 cm³/mol. The van der Waals surface area contributed by atoms with Crippen molar-refractivity contribution >= 4 is 11.7 Å². The van der Waals surface area contributed by atoms with E-state index in [2.05, 4.69) is 15.4 Å². The van der Waals surface area contributed by atoms with Gasteiger partial charge < -0.3 is 9.84 Å². The molecule has 2 rings (SSSR count). The normalized spacial score (nSPS) is 10.5. The number of H-pyrrole nitrogens is 1. The molecule has 0 saturated heterocycles. The number of hydrogen-bond donors (Lipinski definition) is 2. The standard InChI is InChI=1S/C13H14N4O5/c1-3-7-5-8(12(18)9(6-7)17(20)21)10-11(15-16-14-10)13(19)22-4-2/h5-6,18H,3-4H2,1-2H3,(H,14,15,16). The number of nitrogens with one attached hydrogen (secondary N) is 1. The van der Waals surface area contributed by atoms with E-state index in [-0.39, 0.29) is 23.6 Å². The predicted octanol–water partition coefficient (Wildman–Crippen LogP) is 1.82. The maximum atomic E-state index is 11.8. The van der Waals surface area contributed by atoms with Gasteiger partial charge >= 0.3 is 11.7 Å². The maximum Gasteiger partial charge on any atom is 0.361 e. The fraction of sp³-hybridized carbons (Fsp3) is 0.308. The summed E-state index contributed by atoms with van der Waals surface area (Å²) < 4.78 is 4.85. The molecule has 116 valence electrons. The van der Waals surface area contributed by atoms with Crippen LogP contribution < -0.4 is 0 Å². The zero-order chi connectivity index (χ0) is 16.3. The molecule has 1 aromatic heterocycles. The maximum absolute atomic E-state index is 11.8. The molecule has 0 radical (unpaired) electrons. The minimum atomic E-state index is -0.727. The Labute approximate surface area is 125 Å². The number of phenolic OH excluding ortho intramolecular Hbond substituents is 1. The van der Waals surface area contributed by atoms with E-state index in [1.54, 1.807) is 6.92 Å². The minimum absolute atomic E-state index is 0.00866. The van der Waals surface area contributed by atoms with E-state index < -0.39 is 22.3 Å². The van der Waals surface area contributed by atoms with E-state index >= 15 is 0 Å². The highest BCUT2D eigenvalue weighted by Crippen LogP contribution is 2.38. The van der Waals surface area contributed by atoms with Crippen molar-refractivity contribution in [2.75, 3.05) is 6.61 Å². The summed E-state index contributed by atoms with van der Waals surface area (Å²) in [5, 5.41) is 30.9. The topological polar surface area (TPSA) is 131 Å². The third-order valence-corrected chi connectivity index (χ3v) is 3.03. The van der Waals surface area contributed by atoms with Crippen LogP contribution in [-0.4, -0.2) is 38.0 Å². The first-order chi connectivity index (χ1) is 10.5. The third-order valence-electron chi connectivity index (χ3n) is 3.03. The van der Waals surface area contributed by atoms with Crippen LogP contribution in [0.1, 0.15) is 29.9 Å². The second kappa shape index (κ2) is 6.20. The zero-order valence-corrected chi connectivity index (χ0v) is 12.0. The molecule has 0 saturated carbocycles. The van der Waals surface area contributed by atoms with Gasteiger partial charge in [-0.15, -0.1) is 5.10 Å². The summed E-state index contributed by atoms with van der Waals surface area (Å²) in [7, 11) is 0. The van der Waals surface area contributed by atoms with Gasteiger partial charge in [0.25, 0.3) is 0 Å². The van der Waals surface area contributed by atoms with Gasteiger partial charge in [0.1, 0.15) is 5.69 Å². The van der Waals surface area contributed by atoms with Crippen molar-refractivity contribution in [1.29, 1.82) is 0 Å². The van der Waals surface area contributed by atoms with Crippen LogP contribution >= 0.6 is 0 Å². The monoisotopic (exact) mass is 306 g/mol. The number of nitrogens with zero attached hydrogens (tertiary/aromatic N) is 3. The summed E-state index contributed by atoms with van der Waals surface area (Å²) in [6.07, 6.45) is 0.515. The van der Waals surface area contributed by atoms with E-state index in [0.717, 1.165) is 0 Å². The Bertz CT molecular complexity index is 725. The molecule has 1 aromatic carbocycles. The van der Waals surface area contributed by atoms with Crippen molar-refractivity contribution < 1.29 is 19.6 Å². The Hall–Kier alpha value is -2.97. The first-order valence-electron chi connectivity index (χ1n) is 6.58. The van der Waals surface area contributed by atoms with Gasteiger partial charge in [-0.3, -0.25) is 10.1 Å². The number of phenols is 1. The lowest BCUT2D eigenvalue weighted by molar-refractivity contribution is -0.385. The van der Waals surface area contributed by atoms with E-state index in [0.29, 0.717) is 12.0 Å². The quantitative estimate of drug-likeness (QED) is 0.489. The van der Waals surface area contributed by atoms with Crippen molar-refractivity contribution in [3.63, 3.8) is 0 Å². The molecular weight excluding hydrogens is 292 g/mol. The molecule has 2 N–H and O–H groups in total. The van der Waals surface area contributed by atoms with Crippen molar-refractivity contribution in [2.45, 2.75) is 20.3 Å². The number of aromatic hydroxyl groups is 1. The average molecular weight is 306 g/mol. The lowest BCUT2D eigenvalue weighted by Gasteiger charge is -2.07. The van der Waals surface area contributed by atoms with Crippen LogP contribution in [0.4, 0.5) is 5.69 Å².